The van der Waals surface area contributed by atoms with Crippen molar-refractivity contribution in [1.29, 1.82) is 0 Å². The summed E-state index contributed by atoms with van der Waals surface area (Å²) in [7, 11) is -3.82. The third-order valence-electron chi connectivity index (χ3n) is 4.36. The Labute approximate surface area is 167 Å². The second-order valence-corrected chi connectivity index (χ2v) is 8.19. The maximum atomic E-state index is 13.7. The van der Waals surface area contributed by atoms with Crippen LogP contribution in [0, 0.1) is 25.5 Å². The number of aryl methyl sites for hydroxylation is 2. The first-order chi connectivity index (χ1) is 13.7. The lowest BCUT2D eigenvalue weighted by atomic mass is 10.1. The van der Waals surface area contributed by atoms with Crippen LogP contribution in [0.4, 0.5) is 20.2 Å². The van der Waals surface area contributed by atoms with E-state index < -0.39 is 27.6 Å². The van der Waals surface area contributed by atoms with E-state index in [1.807, 2.05) is 19.9 Å². The van der Waals surface area contributed by atoms with Gasteiger partial charge < -0.3 is 5.32 Å². The predicted octanol–water partition coefficient (Wildman–Crippen LogP) is 4.63. The van der Waals surface area contributed by atoms with Gasteiger partial charge in [0.25, 0.3) is 15.9 Å². The molecule has 3 aromatic carbocycles. The summed E-state index contributed by atoms with van der Waals surface area (Å²) < 4.78 is 54.2. The standard InChI is InChI=1S/C21H18F2N2O3S/c1-13-3-5-17(11-14(13)2)25-29(27,28)18-8-6-16(7-9-18)24-21(26)19-10-4-15(22)12-20(19)23/h3-12,25H,1-2H3,(H,24,26). The number of benzene rings is 3. The van der Waals surface area contributed by atoms with Crippen LogP contribution in [-0.4, -0.2) is 14.3 Å². The predicted molar refractivity (Wildman–Crippen MR) is 107 cm³/mol. The Morgan fingerprint density at radius 2 is 1.48 bits per heavy atom. The number of carbonyl (C=O) groups is 1. The average molecular weight is 416 g/mol. The molecule has 5 nitrogen and oxygen atoms in total. The zero-order chi connectivity index (χ0) is 21.2. The fourth-order valence-electron chi connectivity index (χ4n) is 2.61. The van der Waals surface area contributed by atoms with Crippen molar-refractivity contribution in [1.82, 2.24) is 0 Å². The Morgan fingerprint density at radius 3 is 2.10 bits per heavy atom. The summed E-state index contributed by atoms with van der Waals surface area (Å²) in [6.45, 7) is 3.81. The molecule has 29 heavy (non-hydrogen) atoms. The molecule has 0 bridgehead atoms. The van der Waals surface area contributed by atoms with E-state index >= 15 is 0 Å². The molecule has 0 aliphatic carbocycles. The first-order valence-electron chi connectivity index (χ1n) is 8.62. The molecule has 2 N–H and O–H groups in total. The molecule has 0 aromatic heterocycles. The Balaban J connectivity index is 1.75. The monoisotopic (exact) mass is 416 g/mol. The van der Waals surface area contributed by atoms with E-state index in [0.717, 1.165) is 23.3 Å². The molecule has 3 rings (SSSR count). The number of amides is 1. The van der Waals surface area contributed by atoms with Crippen LogP contribution in [0.15, 0.2) is 65.6 Å². The Bertz CT molecular complexity index is 1180. The van der Waals surface area contributed by atoms with Gasteiger partial charge in [0.2, 0.25) is 0 Å². The van der Waals surface area contributed by atoms with Gasteiger partial charge in [0, 0.05) is 17.4 Å². The van der Waals surface area contributed by atoms with Crippen LogP contribution < -0.4 is 10.0 Å². The Morgan fingerprint density at radius 1 is 0.828 bits per heavy atom. The molecule has 0 unspecified atom stereocenters. The Kier molecular flexibility index (Phi) is 5.65. The zero-order valence-electron chi connectivity index (χ0n) is 15.7. The Hall–Kier alpha value is -3.26. The molecule has 1 amide bonds. The van der Waals surface area contributed by atoms with Crippen molar-refractivity contribution < 1.29 is 22.0 Å². The van der Waals surface area contributed by atoms with Crippen LogP contribution in [0.3, 0.4) is 0 Å². The number of hydrogen-bond acceptors (Lipinski definition) is 3. The van der Waals surface area contributed by atoms with Gasteiger partial charge in [-0.3, -0.25) is 9.52 Å². The molecule has 0 fully saturated rings. The van der Waals surface area contributed by atoms with Crippen LogP contribution in [-0.2, 0) is 10.0 Å². The van der Waals surface area contributed by atoms with Gasteiger partial charge in [-0.15, -0.1) is 0 Å². The van der Waals surface area contributed by atoms with Crippen molar-refractivity contribution >= 4 is 27.3 Å². The topological polar surface area (TPSA) is 75.3 Å². The van der Waals surface area contributed by atoms with Crippen LogP contribution >= 0.6 is 0 Å². The highest BCUT2D eigenvalue weighted by molar-refractivity contribution is 7.92. The molecule has 0 saturated carbocycles. The summed E-state index contributed by atoms with van der Waals surface area (Å²) in [6, 6.07) is 13.3. The molecule has 0 atom stereocenters. The second kappa shape index (κ2) is 8.00. The summed E-state index contributed by atoms with van der Waals surface area (Å²) >= 11 is 0. The summed E-state index contributed by atoms with van der Waals surface area (Å²) in [5.74, 6) is -2.55. The maximum absolute atomic E-state index is 13.7. The molecule has 8 heteroatoms. The van der Waals surface area contributed by atoms with Gasteiger partial charge in [-0.2, -0.15) is 0 Å². The molecule has 0 saturated heterocycles. The van der Waals surface area contributed by atoms with Gasteiger partial charge >= 0.3 is 0 Å². The zero-order valence-corrected chi connectivity index (χ0v) is 16.5. The van der Waals surface area contributed by atoms with Crippen molar-refractivity contribution in [3.05, 3.63) is 89.0 Å². The maximum Gasteiger partial charge on any atom is 0.261 e. The molecule has 150 valence electrons. The number of anilines is 2. The minimum atomic E-state index is -3.82. The molecule has 3 aromatic rings. The SMILES string of the molecule is Cc1ccc(NS(=O)(=O)c2ccc(NC(=O)c3ccc(F)cc3F)cc2)cc1C. The first kappa shape index (κ1) is 20.5. The molecule has 0 heterocycles. The highest BCUT2D eigenvalue weighted by Gasteiger charge is 2.16. The van der Waals surface area contributed by atoms with Crippen LogP contribution in [0.1, 0.15) is 21.5 Å². The van der Waals surface area contributed by atoms with Crippen molar-refractivity contribution in [2.24, 2.45) is 0 Å². The van der Waals surface area contributed by atoms with E-state index in [0.29, 0.717) is 11.8 Å². The number of halogens is 2. The fraction of sp³-hybridized carbons (Fsp3) is 0.0952. The highest BCUT2D eigenvalue weighted by Crippen LogP contribution is 2.21. The first-order valence-corrected chi connectivity index (χ1v) is 10.1. The van der Waals surface area contributed by atoms with E-state index in [-0.39, 0.29) is 16.1 Å². The molecule has 0 aliphatic rings. The molecule has 0 spiro atoms. The third-order valence-corrected chi connectivity index (χ3v) is 5.75. The number of rotatable bonds is 5. The van der Waals surface area contributed by atoms with Crippen LogP contribution in [0.2, 0.25) is 0 Å². The minimum absolute atomic E-state index is 0.00156. The molecule has 0 radical (unpaired) electrons. The van der Waals surface area contributed by atoms with Crippen molar-refractivity contribution in [3.63, 3.8) is 0 Å². The highest BCUT2D eigenvalue weighted by atomic mass is 32.2. The minimum Gasteiger partial charge on any atom is -0.322 e. The van der Waals surface area contributed by atoms with Gasteiger partial charge in [0.05, 0.1) is 10.5 Å². The summed E-state index contributed by atoms with van der Waals surface area (Å²) in [6.07, 6.45) is 0. The lowest BCUT2D eigenvalue weighted by Crippen LogP contribution is -2.15. The van der Waals surface area contributed by atoms with E-state index in [1.165, 1.54) is 24.3 Å². The van der Waals surface area contributed by atoms with Crippen molar-refractivity contribution in [2.45, 2.75) is 18.7 Å². The van der Waals surface area contributed by atoms with Gasteiger partial charge in [-0.1, -0.05) is 6.07 Å². The third kappa shape index (κ3) is 4.78. The van der Waals surface area contributed by atoms with Crippen LogP contribution in [0.5, 0.6) is 0 Å². The second-order valence-electron chi connectivity index (χ2n) is 6.51. The molecule has 0 aliphatic heterocycles. The van der Waals surface area contributed by atoms with E-state index in [1.54, 1.807) is 12.1 Å². The number of nitrogens with one attached hydrogen (secondary N) is 2. The average Bonchev–Trinajstić information content (AvgIpc) is 2.65. The quantitative estimate of drug-likeness (QED) is 0.637. The van der Waals surface area contributed by atoms with Crippen LogP contribution in [0.25, 0.3) is 0 Å². The lowest BCUT2D eigenvalue weighted by molar-refractivity contribution is 0.102. The van der Waals surface area contributed by atoms with Gasteiger partial charge in [0.15, 0.2) is 0 Å². The smallest absolute Gasteiger partial charge is 0.261 e. The summed E-state index contributed by atoms with van der Waals surface area (Å²) in [5.41, 5.74) is 2.39. The van der Waals surface area contributed by atoms with Gasteiger partial charge in [-0.25, -0.2) is 17.2 Å². The van der Waals surface area contributed by atoms with E-state index in [2.05, 4.69) is 10.0 Å². The van der Waals surface area contributed by atoms with Gasteiger partial charge in [-0.05, 0) is 73.5 Å². The summed E-state index contributed by atoms with van der Waals surface area (Å²) in [4.78, 5) is 12.1. The number of sulfonamides is 1. The molecular weight excluding hydrogens is 398 g/mol. The van der Waals surface area contributed by atoms with Gasteiger partial charge in [0.1, 0.15) is 11.6 Å². The normalized spacial score (nSPS) is 11.2. The number of carbonyl (C=O) groups excluding carboxylic acids is 1. The molecular formula is C21H18F2N2O3S. The summed E-state index contributed by atoms with van der Waals surface area (Å²) in [5, 5.41) is 2.44. The fourth-order valence-corrected chi connectivity index (χ4v) is 3.66. The van der Waals surface area contributed by atoms with E-state index in [9.17, 15) is 22.0 Å². The number of hydrogen-bond donors (Lipinski definition) is 2. The van der Waals surface area contributed by atoms with Crippen molar-refractivity contribution in [2.75, 3.05) is 10.0 Å². The van der Waals surface area contributed by atoms with Crippen molar-refractivity contribution in [3.8, 4) is 0 Å². The van der Waals surface area contributed by atoms with E-state index in [4.69, 9.17) is 0 Å². The largest absolute Gasteiger partial charge is 0.322 e. The lowest BCUT2D eigenvalue weighted by Gasteiger charge is -2.11.